The second-order valence-electron chi connectivity index (χ2n) is 4.55. The van der Waals surface area contributed by atoms with E-state index < -0.39 is 0 Å². The lowest BCUT2D eigenvalue weighted by atomic mass is 10.2. The van der Waals surface area contributed by atoms with Crippen LogP contribution in [0.25, 0.3) is 11.0 Å². The Balaban J connectivity index is 2.17. The molecular weight excluding hydrogens is 240 g/mol. The molecule has 5 nitrogen and oxygen atoms in total. The van der Waals surface area contributed by atoms with Crippen LogP contribution < -0.4 is 5.56 Å². The van der Waals surface area contributed by atoms with E-state index in [0.717, 1.165) is 22.3 Å². The molecule has 0 fully saturated rings. The van der Waals surface area contributed by atoms with E-state index in [1.807, 2.05) is 42.9 Å². The van der Waals surface area contributed by atoms with Gasteiger partial charge >= 0.3 is 0 Å². The molecule has 0 atom stereocenters. The Hall–Kier alpha value is -2.43. The fourth-order valence-electron chi connectivity index (χ4n) is 2.15. The van der Waals surface area contributed by atoms with Crippen LogP contribution in [0, 0.1) is 6.92 Å². The zero-order chi connectivity index (χ0) is 13.4. The van der Waals surface area contributed by atoms with E-state index in [-0.39, 0.29) is 5.56 Å². The van der Waals surface area contributed by atoms with Gasteiger partial charge < -0.3 is 4.57 Å². The van der Waals surface area contributed by atoms with E-state index in [1.54, 1.807) is 10.8 Å². The number of rotatable bonds is 2. The molecule has 0 saturated heterocycles. The van der Waals surface area contributed by atoms with Crippen LogP contribution in [0.4, 0.5) is 0 Å². The van der Waals surface area contributed by atoms with Gasteiger partial charge in [-0.15, -0.1) is 0 Å². The van der Waals surface area contributed by atoms with Gasteiger partial charge in [0.25, 0.3) is 5.56 Å². The highest BCUT2D eigenvalue weighted by molar-refractivity contribution is 5.74. The lowest BCUT2D eigenvalue weighted by Gasteiger charge is -2.09. The summed E-state index contributed by atoms with van der Waals surface area (Å²) in [5.74, 6) is 0. The summed E-state index contributed by atoms with van der Waals surface area (Å²) in [5.41, 5.74) is 3.68. The summed E-state index contributed by atoms with van der Waals surface area (Å²) in [6.45, 7) is 2.51. The molecule has 0 radical (unpaired) electrons. The number of aryl methyl sites for hydroxylation is 1. The van der Waals surface area contributed by atoms with Gasteiger partial charge in [0.15, 0.2) is 0 Å². The average molecular weight is 254 g/mol. The molecule has 2 heterocycles. The zero-order valence-corrected chi connectivity index (χ0v) is 10.9. The average Bonchev–Trinajstić information content (AvgIpc) is 2.74. The summed E-state index contributed by atoms with van der Waals surface area (Å²) in [6.07, 6.45) is 3.17. The maximum atomic E-state index is 12.0. The quantitative estimate of drug-likeness (QED) is 0.696. The van der Waals surface area contributed by atoms with Crippen LogP contribution in [-0.4, -0.2) is 19.3 Å². The summed E-state index contributed by atoms with van der Waals surface area (Å²) >= 11 is 0. The lowest BCUT2D eigenvalue weighted by Crippen LogP contribution is -2.21. The van der Waals surface area contributed by atoms with Crippen molar-refractivity contribution in [3.8, 4) is 0 Å². The maximum Gasteiger partial charge on any atom is 0.269 e. The number of aromatic nitrogens is 4. The Morgan fingerprint density at radius 2 is 2.00 bits per heavy atom. The Labute approximate surface area is 110 Å². The van der Waals surface area contributed by atoms with Crippen molar-refractivity contribution in [3.63, 3.8) is 0 Å². The zero-order valence-electron chi connectivity index (χ0n) is 10.9. The summed E-state index contributed by atoms with van der Waals surface area (Å²) in [5, 5.41) is 4.21. The predicted molar refractivity (Wildman–Crippen MR) is 73.1 cm³/mol. The van der Waals surface area contributed by atoms with E-state index in [4.69, 9.17) is 0 Å². The Morgan fingerprint density at radius 3 is 2.74 bits per heavy atom. The molecular formula is C14H14N4O. The van der Waals surface area contributed by atoms with E-state index in [9.17, 15) is 4.79 Å². The molecule has 0 N–H and O–H groups in total. The monoisotopic (exact) mass is 254 g/mol. The molecule has 0 aliphatic carbocycles. The fraction of sp³-hybridized carbons (Fsp3) is 0.214. The van der Waals surface area contributed by atoms with Gasteiger partial charge in [0.2, 0.25) is 0 Å². The minimum atomic E-state index is -0.0954. The molecule has 19 heavy (non-hydrogen) atoms. The van der Waals surface area contributed by atoms with E-state index in [1.165, 1.54) is 6.20 Å². The molecule has 0 unspecified atom stereocenters. The number of hydrogen-bond donors (Lipinski definition) is 0. The second-order valence-corrected chi connectivity index (χ2v) is 4.55. The third kappa shape index (κ3) is 1.93. The number of para-hydroxylation sites is 2. The molecule has 0 saturated carbocycles. The highest BCUT2D eigenvalue weighted by Crippen LogP contribution is 2.12. The number of hydrogen-bond acceptors (Lipinski definition) is 3. The van der Waals surface area contributed by atoms with Crippen LogP contribution in [0.5, 0.6) is 0 Å². The van der Waals surface area contributed by atoms with Gasteiger partial charge in [0.1, 0.15) is 0 Å². The molecule has 0 aliphatic rings. The van der Waals surface area contributed by atoms with Crippen molar-refractivity contribution in [3.05, 3.63) is 58.3 Å². The van der Waals surface area contributed by atoms with Crippen LogP contribution >= 0.6 is 0 Å². The summed E-state index contributed by atoms with van der Waals surface area (Å²) in [7, 11) is 1.90. The summed E-state index contributed by atoms with van der Waals surface area (Å²) < 4.78 is 3.54. The summed E-state index contributed by atoms with van der Waals surface area (Å²) in [6, 6.07) is 7.65. The third-order valence-electron chi connectivity index (χ3n) is 3.42. The first kappa shape index (κ1) is 11.6. The first-order chi connectivity index (χ1) is 9.16. The molecule has 1 aromatic carbocycles. The van der Waals surface area contributed by atoms with Crippen LogP contribution in [0.1, 0.15) is 11.3 Å². The Kier molecular flexibility index (Phi) is 2.67. The topological polar surface area (TPSA) is 52.7 Å². The smallest absolute Gasteiger partial charge is 0.269 e. The van der Waals surface area contributed by atoms with Crippen molar-refractivity contribution >= 4 is 11.0 Å². The first-order valence-corrected chi connectivity index (χ1v) is 6.09. The summed E-state index contributed by atoms with van der Waals surface area (Å²) in [4.78, 5) is 16.2. The van der Waals surface area contributed by atoms with Crippen molar-refractivity contribution in [1.29, 1.82) is 0 Å². The highest BCUT2D eigenvalue weighted by Gasteiger charge is 2.08. The predicted octanol–water partition coefficient (Wildman–Crippen LogP) is 1.49. The molecule has 0 spiro atoms. The van der Waals surface area contributed by atoms with E-state index in [0.29, 0.717) is 6.54 Å². The minimum absolute atomic E-state index is 0.0954. The highest BCUT2D eigenvalue weighted by atomic mass is 16.1. The SMILES string of the molecule is Cc1c(Cn2c(=O)cnc3ccccc32)cnn1C. The van der Waals surface area contributed by atoms with Crippen LogP contribution in [0.15, 0.2) is 41.5 Å². The lowest BCUT2D eigenvalue weighted by molar-refractivity contribution is 0.730. The number of fused-ring (bicyclic) bond motifs is 1. The molecule has 3 aromatic rings. The van der Waals surface area contributed by atoms with Crippen molar-refractivity contribution in [2.45, 2.75) is 13.5 Å². The molecule has 96 valence electrons. The molecule has 0 aliphatic heterocycles. The van der Waals surface area contributed by atoms with Crippen molar-refractivity contribution in [2.24, 2.45) is 7.05 Å². The molecule has 2 aromatic heterocycles. The van der Waals surface area contributed by atoms with Gasteiger partial charge in [-0.25, -0.2) is 4.98 Å². The van der Waals surface area contributed by atoms with Crippen molar-refractivity contribution in [1.82, 2.24) is 19.3 Å². The first-order valence-electron chi connectivity index (χ1n) is 6.09. The molecule has 5 heteroatoms. The Morgan fingerprint density at radius 1 is 1.21 bits per heavy atom. The number of benzene rings is 1. The van der Waals surface area contributed by atoms with Gasteiger partial charge in [0.05, 0.1) is 30.0 Å². The van der Waals surface area contributed by atoms with Crippen molar-refractivity contribution in [2.75, 3.05) is 0 Å². The molecule has 0 bridgehead atoms. The normalized spacial score (nSPS) is 11.1. The van der Waals surface area contributed by atoms with Gasteiger partial charge in [-0.2, -0.15) is 5.10 Å². The fourth-order valence-corrected chi connectivity index (χ4v) is 2.15. The van der Waals surface area contributed by atoms with Crippen LogP contribution in [-0.2, 0) is 13.6 Å². The van der Waals surface area contributed by atoms with Gasteiger partial charge in [-0.1, -0.05) is 12.1 Å². The molecule has 3 rings (SSSR count). The molecule has 0 amide bonds. The van der Waals surface area contributed by atoms with Gasteiger partial charge in [-0.3, -0.25) is 9.48 Å². The van der Waals surface area contributed by atoms with Crippen LogP contribution in [0.2, 0.25) is 0 Å². The van der Waals surface area contributed by atoms with Gasteiger partial charge in [0, 0.05) is 18.3 Å². The van der Waals surface area contributed by atoms with E-state index >= 15 is 0 Å². The van der Waals surface area contributed by atoms with Gasteiger partial charge in [-0.05, 0) is 19.1 Å². The Bertz CT molecular complexity index is 801. The second kappa shape index (κ2) is 4.35. The van der Waals surface area contributed by atoms with Crippen molar-refractivity contribution < 1.29 is 0 Å². The van der Waals surface area contributed by atoms with E-state index in [2.05, 4.69) is 10.1 Å². The maximum absolute atomic E-state index is 12.0. The standard InChI is InChI=1S/C14H14N4O/c1-10-11(7-16-17(10)2)9-18-13-6-4-3-5-12(13)15-8-14(18)19/h3-8H,9H2,1-2H3. The number of nitrogens with zero attached hydrogens (tertiary/aromatic N) is 4. The third-order valence-corrected chi connectivity index (χ3v) is 3.42. The largest absolute Gasteiger partial charge is 0.301 e. The van der Waals surface area contributed by atoms with Crippen LogP contribution in [0.3, 0.4) is 0 Å². The minimum Gasteiger partial charge on any atom is -0.301 e.